The van der Waals surface area contributed by atoms with E-state index in [0.717, 1.165) is 11.1 Å². The molecule has 1 aromatic rings. The third kappa shape index (κ3) is 1.46. The van der Waals surface area contributed by atoms with E-state index in [4.69, 9.17) is 16.3 Å². The van der Waals surface area contributed by atoms with Gasteiger partial charge in [0, 0.05) is 6.20 Å². The van der Waals surface area contributed by atoms with Crippen molar-refractivity contribution in [1.29, 1.82) is 0 Å². The van der Waals surface area contributed by atoms with Gasteiger partial charge in [-0.2, -0.15) is 0 Å². The van der Waals surface area contributed by atoms with E-state index in [0.29, 0.717) is 10.9 Å². The number of hydrogen-bond acceptors (Lipinski definition) is 2. The average molecular weight is 172 g/mol. The molecule has 0 fully saturated rings. The molecule has 0 spiro atoms. The van der Waals surface area contributed by atoms with Crippen molar-refractivity contribution >= 4 is 11.6 Å². The van der Waals surface area contributed by atoms with Gasteiger partial charge in [0.2, 0.25) is 5.88 Å². The fourth-order valence-corrected chi connectivity index (χ4v) is 1.06. The highest BCUT2D eigenvalue weighted by Gasteiger charge is 2.05. The molecule has 0 saturated heterocycles. The molecule has 0 saturated carbocycles. The summed E-state index contributed by atoms with van der Waals surface area (Å²) in [7, 11) is 1.56. The number of nitrogens with zero attached hydrogens (tertiary/aromatic N) is 1. The highest BCUT2D eigenvalue weighted by atomic mass is 35.5. The van der Waals surface area contributed by atoms with Crippen molar-refractivity contribution in [3.63, 3.8) is 0 Å². The molecule has 0 aromatic carbocycles. The highest BCUT2D eigenvalue weighted by Crippen LogP contribution is 2.26. The first-order chi connectivity index (χ1) is 5.16. The van der Waals surface area contributed by atoms with Crippen molar-refractivity contribution in [2.24, 2.45) is 0 Å². The monoisotopic (exact) mass is 171 g/mol. The number of halogens is 1. The summed E-state index contributed by atoms with van der Waals surface area (Å²) in [5.41, 5.74) is 2.11. The van der Waals surface area contributed by atoms with Crippen LogP contribution in [0.4, 0.5) is 0 Å². The largest absolute Gasteiger partial charge is 0.480 e. The van der Waals surface area contributed by atoms with Crippen LogP contribution in [-0.4, -0.2) is 12.1 Å². The normalized spacial score (nSPS) is 9.82. The molecule has 11 heavy (non-hydrogen) atoms. The maximum Gasteiger partial charge on any atom is 0.232 e. The summed E-state index contributed by atoms with van der Waals surface area (Å²) in [5.74, 6) is 0.495. The van der Waals surface area contributed by atoms with E-state index in [9.17, 15) is 0 Å². The lowest BCUT2D eigenvalue weighted by molar-refractivity contribution is 0.397. The summed E-state index contributed by atoms with van der Waals surface area (Å²) in [5, 5.41) is 0.604. The SMILES string of the molecule is COc1ncc(C)c(C)c1Cl. The lowest BCUT2D eigenvalue weighted by atomic mass is 10.2. The van der Waals surface area contributed by atoms with Crippen LogP contribution < -0.4 is 4.74 Å². The molecule has 0 amide bonds. The number of rotatable bonds is 1. The number of pyridine rings is 1. The van der Waals surface area contributed by atoms with Gasteiger partial charge < -0.3 is 4.74 Å². The van der Waals surface area contributed by atoms with Crippen LogP contribution in [-0.2, 0) is 0 Å². The Kier molecular flexibility index (Phi) is 2.35. The molecule has 0 aliphatic rings. The smallest absolute Gasteiger partial charge is 0.232 e. The fraction of sp³-hybridized carbons (Fsp3) is 0.375. The van der Waals surface area contributed by atoms with Crippen LogP contribution in [0.1, 0.15) is 11.1 Å². The van der Waals surface area contributed by atoms with Crippen LogP contribution in [0.2, 0.25) is 5.02 Å². The zero-order chi connectivity index (χ0) is 8.43. The maximum atomic E-state index is 5.91. The number of hydrogen-bond donors (Lipinski definition) is 0. The van der Waals surface area contributed by atoms with E-state index < -0.39 is 0 Å². The van der Waals surface area contributed by atoms with E-state index in [2.05, 4.69) is 4.98 Å². The quantitative estimate of drug-likeness (QED) is 0.647. The first-order valence-electron chi connectivity index (χ1n) is 3.32. The van der Waals surface area contributed by atoms with E-state index in [-0.39, 0.29) is 0 Å². The third-order valence-corrected chi connectivity index (χ3v) is 2.12. The second kappa shape index (κ2) is 3.09. The Morgan fingerprint density at radius 2 is 2.09 bits per heavy atom. The molecule has 2 nitrogen and oxygen atoms in total. The molecule has 0 unspecified atom stereocenters. The van der Waals surface area contributed by atoms with Gasteiger partial charge >= 0.3 is 0 Å². The molecule has 0 aliphatic heterocycles. The number of ether oxygens (including phenoxy) is 1. The zero-order valence-corrected chi connectivity index (χ0v) is 7.57. The molecule has 0 aliphatic carbocycles. The molecule has 0 atom stereocenters. The van der Waals surface area contributed by atoms with Crippen molar-refractivity contribution in [1.82, 2.24) is 4.98 Å². The molecule has 1 heterocycles. The van der Waals surface area contributed by atoms with Crippen LogP contribution in [0.15, 0.2) is 6.20 Å². The molecular weight excluding hydrogens is 162 g/mol. The Labute approximate surface area is 71.2 Å². The molecule has 0 radical (unpaired) electrons. The molecule has 60 valence electrons. The van der Waals surface area contributed by atoms with Gasteiger partial charge in [0.25, 0.3) is 0 Å². The predicted octanol–water partition coefficient (Wildman–Crippen LogP) is 2.36. The first kappa shape index (κ1) is 8.34. The van der Waals surface area contributed by atoms with Crippen molar-refractivity contribution in [3.8, 4) is 5.88 Å². The minimum Gasteiger partial charge on any atom is -0.480 e. The minimum absolute atomic E-state index is 0.495. The van der Waals surface area contributed by atoms with Gasteiger partial charge in [-0.25, -0.2) is 4.98 Å². The van der Waals surface area contributed by atoms with Crippen molar-refractivity contribution in [3.05, 3.63) is 22.3 Å². The van der Waals surface area contributed by atoms with Crippen molar-refractivity contribution in [2.75, 3.05) is 7.11 Å². The number of aryl methyl sites for hydroxylation is 1. The average Bonchev–Trinajstić information content (AvgIpc) is 2.01. The highest BCUT2D eigenvalue weighted by molar-refractivity contribution is 6.32. The standard InChI is InChI=1S/C8H10ClNO/c1-5-4-10-8(11-3)7(9)6(5)2/h4H,1-3H3. The minimum atomic E-state index is 0.495. The van der Waals surface area contributed by atoms with E-state index in [1.807, 2.05) is 13.8 Å². The van der Waals surface area contributed by atoms with Crippen LogP contribution in [0.5, 0.6) is 5.88 Å². The van der Waals surface area contributed by atoms with E-state index in [1.165, 1.54) is 0 Å². The van der Waals surface area contributed by atoms with E-state index in [1.54, 1.807) is 13.3 Å². The van der Waals surface area contributed by atoms with Gasteiger partial charge in [0.05, 0.1) is 7.11 Å². The Morgan fingerprint density at radius 1 is 1.45 bits per heavy atom. The molecule has 1 rings (SSSR count). The van der Waals surface area contributed by atoms with Crippen LogP contribution in [0, 0.1) is 13.8 Å². The lowest BCUT2D eigenvalue weighted by Gasteiger charge is -2.05. The second-order valence-corrected chi connectivity index (χ2v) is 2.77. The van der Waals surface area contributed by atoms with E-state index >= 15 is 0 Å². The lowest BCUT2D eigenvalue weighted by Crippen LogP contribution is -1.92. The van der Waals surface area contributed by atoms with Crippen LogP contribution >= 0.6 is 11.6 Å². The molecule has 1 aromatic heterocycles. The Bertz CT molecular complexity index is 273. The summed E-state index contributed by atoms with van der Waals surface area (Å²) in [6, 6.07) is 0. The molecule has 0 N–H and O–H groups in total. The van der Waals surface area contributed by atoms with Gasteiger partial charge in [-0.15, -0.1) is 0 Å². The Balaban J connectivity index is 3.25. The van der Waals surface area contributed by atoms with Gasteiger partial charge in [0.15, 0.2) is 0 Å². The second-order valence-electron chi connectivity index (χ2n) is 2.39. The van der Waals surface area contributed by atoms with Gasteiger partial charge in [-0.3, -0.25) is 0 Å². The van der Waals surface area contributed by atoms with Crippen LogP contribution in [0.3, 0.4) is 0 Å². The zero-order valence-electron chi connectivity index (χ0n) is 6.81. The topological polar surface area (TPSA) is 22.1 Å². The van der Waals surface area contributed by atoms with Crippen LogP contribution in [0.25, 0.3) is 0 Å². The molecule has 3 heteroatoms. The van der Waals surface area contributed by atoms with Gasteiger partial charge in [-0.1, -0.05) is 11.6 Å². The third-order valence-electron chi connectivity index (χ3n) is 1.68. The number of aromatic nitrogens is 1. The molecule has 0 bridgehead atoms. The summed E-state index contributed by atoms with van der Waals surface area (Å²) in [4.78, 5) is 4.00. The summed E-state index contributed by atoms with van der Waals surface area (Å²) >= 11 is 5.91. The number of methoxy groups -OCH3 is 1. The predicted molar refractivity (Wildman–Crippen MR) is 45.3 cm³/mol. The Hall–Kier alpha value is -0.760. The Morgan fingerprint density at radius 3 is 2.64 bits per heavy atom. The van der Waals surface area contributed by atoms with Gasteiger partial charge in [0.1, 0.15) is 5.02 Å². The first-order valence-corrected chi connectivity index (χ1v) is 3.70. The fourth-order valence-electron chi connectivity index (χ4n) is 0.785. The summed E-state index contributed by atoms with van der Waals surface area (Å²) in [6.07, 6.45) is 1.75. The molecular formula is C8H10ClNO. The summed E-state index contributed by atoms with van der Waals surface area (Å²) in [6.45, 7) is 3.91. The van der Waals surface area contributed by atoms with Crippen molar-refractivity contribution < 1.29 is 4.74 Å². The summed E-state index contributed by atoms with van der Waals surface area (Å²) < 4.78 is 4.94. The van der Waals surface area contributed by atoms with Gasteiger partial charge in [-0.05, 0) is 25.0 Å². The van der Waals surface area contributed by atoms with Crippen molar-refractivity contribution in [2.45, 2.75) is 13.8 Å². The maximum absolute atomic E-state index is 5.91.